The molecule has 1 aliphatic rings. The lowest BCUT2D eigenvalue weighted by Crippen LogP contribution is -2.51. The average Bonchev–Trinajstić information content (AvgIpc) is 2.55. The summed E-state index contributed by atoms with van der Waals surface area (Å²) in [6, 6.07) is 7.30. The molecule has 1 aliphatic heterocycles. The zero-order valence-electron chi connectivity index (χ0n) is 13.3. The quantitative estimate of drug-likeness (QED) is 0.753. The maximum atomic E-state index is 9.70. The second-order valence-electron chi connectivity index (χ2n) is 4.78. The van der Waals surface area contributed by atoms with E-state index in [1.54, 1.807) is 19.2 Å². The fraction of sp³-hybridized carbons (Fsp3) is 0.625. The van der Waals surface area contributed by atoms with Gasteiger partial charge in [0.2, 0.25) is 6.29 Å². The summed E-state index contributed by atoms with van der Waals surface area (Å²) in [5, 5.41) is 28.4. The van der Waals surface area contributed by atoms with Gasteiger partial charge < -0.3 is 29.5 Å². The van der Waals surface area contributed by atoms with E-state index in [1.807, 2.05) is 26.0 Å². The van der Waals surface area contributed by atoms with Gasteiger partial charge in [0.25, 0.3) is 0 Å². The van der Waals surface area contributed by atoms with E-state index in [0.717, 1.165) is 5.56 Å². The van der Waals surface area contributed by atoms with Crippen molar-refractivity contribution in [2.45, 2.75) is 51.5 Å². The summed E-state index contributed by atoms with van der Waals surface area (Å²) in [5.41, 5.74) is 1.02. The van der Waals surface area contributed by atoms with Gasteiger partial charge in [0, 0.05) is 13.5 Å². The van der Waals surface area contributed by atoms with Gasteiger partial charge in [0.15, 0.2) is 0 Å². The van der Waals surface area contributed by atoms with E-state index in [1.165, 1.54) is 0 Å². The van der Waals surface area contributed by atoms with E-state index in [0.29, 0.717) is 12.4 Å². The Bertz CT molecular complexity index is 408. The molecule has 6 heteroatoms. The van der Waals surface area contributed by atoms with Crippen molar-refractivity contribution in [2.24, 2.45) is 0 Å². The normalized spacial score (nSPS) is 27.7. The molecule has 1 saturated heterocycles. The molecule has 1 aromatic rings. The number of methoxy groups -OCH3 is 1. The molecule has 0 radical (unpaired) electrons. The molecule has 1 heterocycles. The van der Waals surface area contributed by atoms with Gasteiger partial charge in [0.05, 0.1) is 19.3 Å². The first-order chi connectivity index (χ1) is 10.6. The average molecular weight is 314 g/mol. The molecule has 4 atom stereocenters. The first-order valence-electron chi connectivity index (χ1n) is 7.51. The Morgan fingerprint density at radius 3 is 2.36 bits per heavy atom. The second-order valence-corrected chi connectivity index (χ2v) is 4.78. The SMILES string of the molecule is CC.COCc1ccc(OC2CC(O)C(O)C(CO)O2)cc1. The summed E-state index contributed by atoms with van der Waals surface area (Å²) in [6.07, 6.45) is -3.45. The predicted octanol–water partition coefficient (Wildman–Crippen LogP) is 1.07. The molecule has 0 aliphatic carbocycles. The van der Waals surface area contributed by atoms with Crippen LogP contribution >= 0.6 is 0 Å². The molecule has 2 rings (SSSR count). The zero-order chi connectivity index (χ0) is 16.5. The number of aliphatic hydroxyl groups is 3. The van der Waals surface area contributed by atoms with E-state index >= 15 is 0 Å². The van der Waals surface area contributed by atoms with Gasteiger partial charge in [-0.15, -0.1) is 0 Å². The fourth-order valence-corrected chi connectivity index (χ4v) is 2.13. The summed E-state index contributed by atoms with van der Waals surface area (Å²) in [6.45, 7) is 4.16. The Morgan fingerprint density at radius 2 is 1.82 bits per heavy atom. The maximum absolute atomic E-state index is 9.70. The largest absolute Gasteiger partial charge is 0.465 e. The van der Waals surface area contributed by atoms with Crippen LogP contribution in [0.25, 0.3) is 0 Å². The van der Waals surface area contributed by atoms with Crippen LogP contribution in [0.3, 0.4) is 0 Å². The monoisotopic (exact) mass is 314 g/mol. The van der Waals surface area contributed by atoms with E-state index < -0.39 is 24.6 Å². The zero-order valence-corrected chi connectivity index (χ0v) is 13.3. The first kappa shape index (κ1) is 18.9. The standard InChI is InChI=1S/C14H20O6.C2H6/c1-18-8-9-2-4-10(5-3-9)19-13-6-11(16)14(17)12(7-15)20-13;1-2/h2-5,11-17H,6-8H2,1H3;1-2H3. The third-order valence-corrected chi connectivity index (χ3v) is 3.22. The van der Waals surface area contributed by atoms with Crippen LogP contribution in [0.5, 0.6) is 5.75 Å². The highest BCUT2D eigenvalue weighted by atomic mass is 16.7. The van der Waals surface area contributed by atoms with Gasteiger partial charge in [-0.1, -0.05) is 26.0 Å². The van der Waals surface area contributed by atoms with Crippen molar-refractivity contribution in [1.29, 1.82) is 0 Å². The smallest absolute Gasteiger partial charge is 0.202 e. The molecule has 0 amide bonds. The minimum atomic E-state index is -1.09. The van der Waals surface area contributed by atoms with Crippen molar-refractivity contribution < 1.29 is 29.5 Å². The molecule has 0 spiro atoms. The van der Waals surface area contributed by atoms with Gasteiger partial charge in [-0.25, -0.2) is 0 Å². The van der Waals surface area contributed by atoms with Crippen LogP contribution in [0.4, 0.5) is 0 Å². The van der Waals surface area contributed by atoms with Crippen LogP contribution in [0.15, 0.2) is 24.3 Å². The molecule has 1 aromatic carbocycles. The van der Waals surface area contributed by atoms with Crippen LogP contribution in [0.1, 0.15) is 25.8 Å². The Hall–Kier alpha value is -1.18. The first-order valence-corrected chi connectivity index (χ1v) is 7.51. The fourth-order valence-electron chi connectivity index (χ4n) is 2.13. The molecule has 22 heavy (non-hydrogen) atoms. The van der Waals surface area contributed by atoms with Gasteiger partial charge in [-0.05, 0) is 17.7 Å². The Kier molecular flexibility index (Phi) is 8.37. The molecule has 126 valence electrons. The molecular weight excluding hydrogens is 288 g/mol. The van der Waals surface area contributed by atoms with Crippen LogP contribution in [-0.2, 0) is 16.1 Å². The van der Waals surface area contributed by atoms with Gasteiger partial charge in [0.1, 0.15) is 18.0 Å². The van der Waals surface area contributed by atoms with Crippen molar-refractivity contribution in [3.8, 4) is 5.75 Å². The molecule has 1 fully saturated rings. The topological polar surface area (TPSA) is 88.4 Å². The molecule has 0 bridgehead atoms. The maximum Gasteiger partial charge on any atom is 0.202 e. The molecule has 6 nitrogen and oxygen atoms in total. The van der Waals surface area contributed by atoms with Crippen LogP contribution in [0.2, 0.25) is 0 Å². The molecule has 4 unspecified atom stereocenters. The third-order valence-electron chi connectivity index (χ3n) is 3.22. The number of rotatable bonds is 5. The second kappa shape index (κ2) is 9.76. The number of benzene rings is 1. The van der Waals surface area contributed by atoms with Crippen molar-refractivity contribution in [3.63, 3.8) is 0 Å². The van der Waals surface area contributed by atoms with Crippen LogP contribution in [0, 0.1) is 0 Å². The number of hydrogen-bond donors (Lipinski definition) is 3. The van der Waals surface area contributed by atoms with Crippen LogP contribution < -0.4 is 4.74 Å². The third kappa shape index (κ3) is 5.23. The van der Waals surface area contributed by atoms with Crippen molar-refractivity contribution >= 4 is 0 Å². The molecule has 3 N–H and O–H groups in total. The van der Waals surface area contributed by atoms with Gasteiger partial charge in [-0.3, -0.25) is 0 Å². The number of ether oxygens (including phenoxy) is 3. The van der Waals surface area contributed by atoms with E-state index in [4.69, 9.17) is 19.3 Å². The van der Waals surface area contributed by atoms with Crippen molar-refractivity contribution in [2.75, 3.05) is 13.7 Å². The lowest BCUT2D eigenvalue weighted by Gasteiger charge is -2.36. The Labute approximate surface area is 131 Å². The predicted molar refractivity (Wildman–Crippen MR) is 81.5 cm³/mol. The summed E-state index contributed by atoms with van der Waals surface area (Å²) in [5.74, 6) is 0.593. The molecule has 0 saturated carbocycles. The molecular formula is C16H26O6. The van der Waals surface area contributed by atoms with Gasteiger partial charge >= 0.3 is 0 Å². The summed E-state index contributed by atoms with van der Waals surface area (Å²) >= 11 is 0. The highest BCUT2D eigenvalue weighted by Crippen LogP contribution is 2.23. The highest BCUT2D eigenvalue weighted by Gasteiger charge is 2.37. The lowest BCUT2D eigenvalue weighted by atomic mass is 10.0. The minimum Gasteiger partial charge on any atom is -0.465 e. The van der Waals surface area contributed by atoms with E-state index in [9.17, 15) is 10.2 Å². The summed E-state index contributed by atoms with van der Waals surface area (Å²) in [4.78, 5) is 0. The molecule has 0 aromatic heterocycles. The number of aliphatic hydroxyl groups excluding tert-OH is 3. The van der Waals surface area contributed by atoms with Gasteiger partial charge in [-0.2, -0.15) is 0 Å². The van der Waals surface area contributed by atoms with E-state index in [2.05, 4.69) is 0 Å². The van der Waals surface area contributed by atoms with E-state index in [-0.39, 0.29) is 13.0 Å². The van der Waals surface area contributed by atoms with Crippen LogP contribution in [-0.4, -0.2) is 53.6 Å². The number of hydrogen-bond acceptors (Lipinski definition) is 6. The van der Waals surface area contributed by atoms with Crippen molar-refractivity contribution in [3.05, 3.63) is 29.8 Å². The lowest BCUT2D eigenvalue weighted by molar-refractivity contribution is -0.229. The Balaban J connectivity index is 0.00000116. The summed E-state index contributed by atoms with van der Waals surface area (Å²) in [7, 11) is 1.63. The Morgan fingerprint density at radius 1 is 1.18 bits per heavy atom. The van der Waals surface area contributed by atoms with Crippen molar-refractivity contribution in [1.82, 2.24) is 0 Å². The summed E-state index contributed by atoms with van der Waals surface area (Å²) < 4.78 is 16.0. The minimum absolute atomic E-state index is 0.150. The highest BCUT2D eigenvalue weighted by molar-refractivity contribution is 5.27.